The highest BCUT2D eigenvalue weighted by Crippen LogP contribution is 2.37. The fraction of sp³-hybridized carbons (Fsp3) is 0.643. The predicted molar refractivity (Wildman–Crippen MR) is 155 cm³/mol. The van der Waals surface area contributed by atoms with E-state index in [2.05, 4.69) is 21.4 Å². The summed E-state index contributed by atoms with van der Waals surface area (Å²) in [6.45, 7) is 0.220. The normalized spacial score (nSPS) is 15.2. The summed E-state index contributed by atoms with van der Waals surface area (Å²) in [4.78, 5) is 49.3. The first-order valence-corrected chi connectivity index (χ1v) is 15.7. The standard InChI is InChI=1S/C28H45N2O11P/c1-2-3-4-10-13-22(32)14-11-8-6-5-7-9-12-15-24(33)26(35)28(20-31,27(36)37)30-17-23-21(16-29-18-25(23)34)19-41-42(38,39)40/h9,12,16-18,24,26,31,33-35H,2-8,10-11,13-15,19-20H2,1H3,(H,36,37)(H2,38,39,40)/b12-9+,30-17?/t24-,26+,28?/m1/s1. The summed E-state index contributed by atoms with van der Waals surface area (Å²) in [6.07, 6.45) is 12.4. The van der Waals surface area contributed by atoms with Gasteiger partial charge in [-0.05, 0) is 32.1 Å². The number of allylic oxidation sites excluding steroid dienone is 1. The minimum Gasteiger partial charge on any atom is -0.506 e. The maximum absolute atomic E-state index is 12.1. The highest BCUT2D eigenvalue weighted by molar-refractivity contribution is 7.46. The van der Waals surface area contributed by atoms with Gasteiger partial charge >= 0.3 is 13.8 Å². The number of unbranched alkanes of at least 4 members (excludes halogenated alkanes) is 7. The Kier molecular flexibility index (Phi) is 17.5. The maximum Gasteiger partial charge on any atom is 0.469 e. The number of phosphoric acid groups is 1. The Morgan fingerprint density at radius 3 is 2.29 bits per heavy atom. The number of carbonyl (C=O) groups is 2. The van der Waals surface area contributed by atoms with Gasteiger partial charge in [-0.1, -0.05) is 51.2 Å². The highest BCUT2D eigenvalue weighted by Gasteiger charge is 2.48. The van der Waals surface area contributed by atoms with E-state index in [-0.39, 0.29) is 17.5 Å². The van der Waals surface area contributed by atoms with E-state index in [0.29, 0.717) is 25.0 Å². The number of aliphatic hydroxyl groups excluding tert-OH is 3. The van der Waals surface area contributed by atoms with E-state index in [1.807, 2.05) is 0 Å². The number of aliphatic carboxylic acids is 1. The summed E-state index contributed by atoms with van der Waals surface area (Å²) < 4.78 is 15.4. The SMILES string of the molecule is CCCCCCC(=O)CCCCCC/C=C/C[C@@H](O)[C@H](O)C(CO)(N=Cc1c(O)cncc1COP(=O)(O)O)C(=O)O. The number of hydrogen-bond donors (Lipinski definition) is 7. The van der Waals surface area contributed by atoms with Crippen LogP contribution in [0, 0.1) is 0 Å². The van der Waals surface area contributed by atoms with E-state index in [1.165, 1.54) is 0 Å². The average molecular weight is 617 g/mol. The second-order valence-corrected chi connectivity index (χ2v) is 11.4. The van der Waals surface area contributed by atoms with Gasteiger partial charge in [0.15, 0.2) is 0 Å². The zero-order chi connectivity index (χ0) is 31.6. The molecule has 0 aliphatic carbocycles. The molecule has 1 rings (SSSR count). The summed E-state index contributed by atoms with van der Waals surface area (Å²) in [7, 11) is -4.88. The van der Waals surface area contributed by atoms with Crippen molar-refractivity contribution in [2.75, 3.05) is 6.61 Å². The van der Waals surface area contributed by atoms with Crippen molar-refractivity contribution in [1.82, 2.24) is 4.98 Å². The molecular formula is C28H45N2O11P. The molecule has 0 aliphatic rings. The van der Waals surface area contributed by atoms with Crippen LogP contribution in [0.15, 0.2) is 29.5 Å². The third-order valence-corrected chi connectivity index (χ3v) is 7.22. The smallest absolute Gasteiger partial charge is 0.469 e. The van der Waals surface area contributed by atoms with Gasteiger partial charge in [0, 0.05) is 36.4 Å². The molecule has 1 aromatic heterocycles. The number of carboxylic acids is 1. The van der Waals surface area contributed by atoms with Crippen LogP contribution >= 0.6 is 7.82 Å². The van der Waals surface area contributed by atoms with E-state index in [4.69, 9.17) is 9.79 Å². The van der Waals surface area contributed by atoms with Crippen LogP contribution in [0.2, 0.25) is 0 Å². The molecule has 0 saturated carbocycles. The van der Waals surface area contributed by atoms with Gasteiger partial charge in [0.05, 0.1) is 25.5 Å². The number of Topliss-reactive ketones (excluding diaryl/α,β-unsaturated/α-hetero) is 1. The van der Waals surface area contributed by atoms with E-state index >= 15 is 0 Å². The van der Waals surface area contributed by atoms with Gasteiger partial charge in [0.25, 0.3) is 0 Å². The van der Waals surface area contributed by atoms with Gasteiger partial charge in [-0.15, -0.1) is 0 Å². The number of rotatable bonds is 23. The number of pyridine rings is 1. The number of phosphoric ester groups is 1. The Balaban J connectivity index is 2.67. The van der Waals surface area contributed by atoms with Gasteiger partial charge < -0.3 is 35.3 Å². The summed E-state index contributed by atoms with van der Waals surface area (Å²) in [5.74, 6) is -1.97. The maximum atomic E-state index is 12.1. The Morgan fingerprint density at radius 2 is 1.69 bits per heavy atom. The van der Waals surface area contributed by atoms with E-state index < -0.39 is 50.5 Å². The van der Waals surface area contributed by atoms with Gasteiger partial charge in [-0.25, -0.2) is 9.36 Å². The van der Waals surface area contributed by atoms with Crippen LogP contribution in [0.3, 0.4) is 0 Å². The lowest BCUT2D eigenvalue weighted by atomic mass is 9.88. The van der Waals surface area contributed by atoms with E-state index in [0.717, 1.165) is 70.0 Å². The van der Waals surface area contributed by atoms with Crippen LogP contribution in [0.1, 0.15) is 95.1 Å². The number of carboxylic acid groups (broad SMARTS) is 1. The molecule has 0 aliphatic heterocycles. The molecule has 1 aromatic rings. The largest absolute Gasteiger partial charge is 0.506 e. The molecule has 0 aromatic carbocycles. The van der Waals surface area contributed by atoms with Crippen molar-refractivity contribution in [1.29, 1.82) is 0 Å². The molecular weight excluding hydrogens is 571 g/mol. The Hall–Kier alpha value is -2.51. The van der Waals surface area contributed by atoms with Crippen molar-refractivity contribution in [3.63, 3.8) is 0 Å². The van der Waals surface area contributed by atoms with Crippen molar-refractivity contribution in [2.45, 2.75) is 108 Å². The van der Waals surface area contributed by atoms with Gasteiger partial charge in [-0.3, -0.25) is 19.3 Å². The molecule has 0 saturated heterocycles. The number of nitrogens with zero attached hydrogens (tertiary/aromatic N) is 2. The average Bonchev–Trinajstić information content (AvgIpc) is 2.93. The van der Waals surface area contributed by atoms with E-state index in [1.54, 1.807) is 12.2 Å². The van der Waals surface area contributed by atoms with Crippen molar-refractivity contribution in [3.05, 3.63) is 35.7 Å². The van der Waals surface area contributed by atoms with Gasteiger partial charge in [0.2, 0.25) is 5.54 Å². The van der Waals surface area contributed by atoms with Crippen LogP contribution in [0.5, 0.6) is 5.75 Å². The van der Waals surface area contributed by atoms with Crippen molar-refractivity contribution in [2.24, 2.45) is 4.99 Å². The number of aromatic nitrogens is 1. The van der Waals surface area contributed by atoms with Crippen LogP contribution < -0.4 is 0 Å². The number of aliphatic hydroxyl groups is 3. The molecule has 3 atom stereocenters. The predicted octanol–water partition coefficient (Wildman–Crippen LogP) is 3.18. The minimum absolute atomic E-state index is 0.0636. The number of aromatic hydroxyl groups is 1. The molecule has 13 nitrogen and oxygen atoms in total. The Labute approximate surface area is 246 Å². The second-order valence-electron chi connectivity index (χ2n) is 10.2. The monoisotopic (exact) mass is 616 g/mol. The highest BCUT2D eigenvalue weighted by atomic mass is 31.2. The Bertz CT molecular complexity index is 1080. The van der Waals surface area contributed by atoms with Crippen LogP contribution in [-0.2, 0) is 25.3 Å². The summed E-state index contributed by atoms with van der Waals surface area (Å²) in [5, 5.41) is 51.0. The first-order chi connectivity index (χ1) is 19.9. The lowest BCUT2D eigenvalue weighted by Crippen LogP contribution is -2.56. The van der Waals surface area contributed by atoms with Gasteiger partial charge in [0.1, 0.15) is 17.6 Å². The molecule has 0 spiro atoms. The van der Waals surface area contributed by atoms with Crippen molar-refractivity contribution < 1.29 is 54.0 Å². The molecule has 14 heteroatoms. The first-order valence-electron chi connectivity index (χ1n) is 14.2. The number of aliphatic imine (C=N–C) groups is 1. The number of ketones is 1. The molecule has 0 amide bonds. The summed E-state index contributed by atoms with van der Waals surface area (Å²) in [5.41, 5.74) is -2.89. The third kappa shape index (κ3) is 13.6. The zero-order valence-electron chi connectivity index (χ0n) is 24.0. The molecule has 0 radical (unpaired) electrons. The quantitative estimate of drug-likeness (QED) is 0.0407. The van der Waals surface area contributed by atoms with Crippen LogP contribution in [0.25, 0.3) is 0 Å². The van der Waals surface area contributed by atoms with E-state index in [9.17, 15) is 39.7 Å². The number of carbonyl (C=O) groups excluding carboxylic acids is 1. The summed E-state index contributed by atoms with van der Waals surface area (Å²) >= 11 is 0. The Morgan fingerprint density at radius 1 is 1.05 bits per heavy atom. The molecule has 42 heavy (non-hydrogen) atoms. The second kappa shape index (κ2) is 19.6. The first kappa shape index (κ1) is 37.5. The molecule has 238 valence electrons. The molecule has 1 unspecified atom stereocenters. The molecule has 0 fully saturated rings. The zero-order valence-corrected chi connectivity index (χ0v) is 24.9. The lowest BCUT2D eigenvalue weighted by Gasteiger charge is -2.31. The topological polar surface area (TPSA) is 227 Å². The van der Waals surface area contributed by atoms with Crippen molar-refractivity contribution in [3.8, 4) is 5.75 Å². The van der Waals surface area contributed by atoms with Crippen molar-refractivity contribution >= 4 is 25.8 Å². The molecule has 1 heterocycles. The molecule has 0 bridgehead atoms. The van der Waals surface area contributed by atoms with Crippen LogP contribution in [0.4, 0.5) is 0 Å². The fourth-order valence-electron chi connectivity index (χ4n) is 4.17. The molecule has 7 N–H and O–H groups in total. The van der Waals surface area contributed by atoms with Gasteiger partial charge in [-0.2, -0.15) is 0 Å². The minimum atomic E-state index is -4.88. The lowest BCUT2D eigenvalue weighted by molar-refractivity contribution is -0.154. The summed E-state index contributed by atoms with van der Waals surface area (Å²) in [6, 6.07) is 0. The third-order valence-electron chi connectivity index (χ3n) is 6.76. The number of hydrogen-bond acceptors (Lipinski definition) is 10. The van der Waals surface area contributed by atoms with Crippen LogP contribution in [-0.4, -0.2) is 82.6 Å². The fourth-order valence-corrected chi connectivity index (χ4v) is 4.48.